The molecule has 0 aliphatic heterocycles. The lowest BCUT2D eigenvalue weighted by atomic mass is 10.2. The largest absolute Gasteiger partial charge is 0.463 e. The predicted octanol–water partition coefficient (Wildman–Crippen LogP) is 2.79. The Morgan fingerprint density at radius 1 is 1.06 bits per heavy atom. The van der Waals surface area contributed by atoms with Gasteiger partial charge in [0.05, 0.1) is 18.8 Å². The van der Waals surface area contributed by atoms with Crippen molar-refractivity contribution in [2.75, 3.05) is 13.2 Å². The molecule has 0 aliphatic rings. The molecule has 0 unspecified atom stereocenters. The van der Waals surface area contributed by atoms with Gasteiger partial charge in [0.15, 0.2) is 0 Å². The molecule has 0 bridgehead atoms. The van der Waals surface area contributed by atoms with Crippen LogP contribution in [0.15, 0.2) is 24.3 Å². The second-order valence-corrected chi connectivity index (χ2v) is 3.81. The molecule has 0 saturated carbocycles. The Morgan fingerprint density at radius 2 is 1.61 bits per heavy atom. The Balaban J connectivity index is 4.23. The van der Waals surface area contributed by atoms with Crippen molar-refractivity contribution >= 4 is 11.9 Å². The van der Waals surface area contributed by atoms with Crippen molar-refractivity contribution < 1.29 is 19.1 Å². The maximum Gasteiger partial charge on any atom is 0.338 e. The number of carbonyl (C=O) groups excluding carboxylic acids is 2. The minimum Gasteiger partial charge on any atom is -0.463 e. The Morgan fingerprint density at radius 3 is 2.11 bits per heavy atom. The van der Waals surface area contributed by atoms with Gasteiger partial charge < -0.3 is 9.47 Å². The zero-order chi connectivity index (χ0) is 13.8. The fraction of sp³-hybridized carbons (Fsp3) is 0.571. The molecule has 4 heteroatoms. The third kappa shape index (κ3) is 7.65. The third-order valence-corrected chi connectivity index (χ3v) is 2.20. The van der Waals surface area contributed by atoms with E-state index in [1.807, 2.05) is 13.8 Å². The van der Waals surface area contributed by atoms with Crippen LogP contribution in [0.3, 0.4) is 0 Å². The average molecular weight is 254 g/mol. The first-order chi connectivity index (χ1) is 8.65. The molecule has 0 spiro atoms. The Kier molecular flexibility index (Phi) is 9.64. The number of esters is 2. The lowest BCUT2D eigenvalue weighted by Crippen LogP contribution is -2.11. The van der Waals surface area contributed by atoms with Gasteiger partial charge in [-0.15, -0.1) is 0 Å². The fourth-order valence-corrected chi connectivity index (χ4v) is 1.08. The maximum atomic E-state index is 11.5. The summed E-state index contributed by atoms with van der Waals surface area (Å²) in [6, 6.07) is 0. The van der Waals surface area contributed by atoms with Crippen LogP contribution in [0.4, 0.5) is 0 Å². The smallest absolute Gasteiger partial charge is 0.338 e. The summed E-state index contributed by atoms with van der Waals surface area (Å²) in [5, 5.41) is 0. The Labute approximate surface area is 109 Å². The van der Waals surface area contributed by atoms with Crippen LogP contribution in [-0.4, -0.2) is 25.2 Å². The van der Waals surface area contributed by atoms with Gasteiger partial charge in [0.1, 0.15) is 0 Å². The summed E-state index contributed by atoms with van der Waals surface area (Å²) < 4.78 is 9.90. The predicted molar refractivity (Wildman–Crippen MR) is 70.0 cm³/mol. The first kappa shape index (κ1) is 16.4. The standard InChI is InChI=1S/C14H22O4/c1-4-7-9-17-13(15)11-12(6-3)14(16)18-10-8-5-2/h6,11H,3-5,7-10H2,1-2H3/b12-11-. The monoisotopic (exact) mass is 254 g/mol. The molecule has 18 heavy (non-hydrogen) atoms. The van der Waals surface area contributed by atoms with E-state index < -0.39 is 11.9 Å². The third-order valence-electron chi connectivity index (χ3n) is 2.20. The summed E-state index contributed by atoms with van der Waals surface area (Å²) in [5.41, 5.74) is 0.132. The molecule has 0 amide bonds. The van der Waals surface area contributed by atoms with Crippen LogP contribution >= 0.6 is 0 Å². The van der Waals surface area contributed by atoms with E-state index in [9.17, 15) is 9.59 Å². The molecular formula is C14H22O4. The number of hydrogen-bond donors (Lipinski definition) is 0. The topological polar surface area (TPSA) is 52.6 Å². The molecule has 0 heterocycles. The molecular weight excluding hydrogens is 232 g/mol. The van der Waals surface area contributed by atoms with E-state index in [4.69, 9.17) is 9.47 Å². The van der Waals surface area contributed by atoms with Crippen molar-refractivity contribution in [3.8, 4) is 0 Å². The van der Waals surface area contributed by atoms with Crippen molar-refractivity contribution in [3.63, 3.8) is 0 Å². The van der Waals surface area contributed by atoms with Gasteiger partial charge in [-0.05, 0) is 12.8 Å². The van der Waals surface area contributed by atoms with Crippen LogP contribution in [0.1, 0.15) is 39.5 Å². The quantitative estimate of drug-likeness (QED) is 0.275. The van der Waals surface area contributed by atoms with Gasteiger partial charge >= 0.3 is 11.9 Å². The summed E-state index contributed by atoms with van der Waals surface area (Å²) in [7, 11) is 0. The second-order valence-electron chi connectivity index (χ2n) is 3.81. The molecule has 4 nitrogen and oxygen atoms in total. The van der Waals surface area contributed by atoms with Gasteiger partial charge in [-0.2, -0.15) is 0 Å². The molecule has 0 aromatic rings. The van der Waals surface area contributed by atoms with Crippen molar-refractivity contribution in [1.29, 1.82) is 0 Å². The minimum atomic E-state index is -0.536. The molecule has 102 valence electrons. The second kappa shape index (κ2) is 10.6. The Bertz CT molecular complexity index is 305. The minimum absolute atomic E-state index is 0.132. The van der Waals surface area contributed by atoms with Crippen LogP contribution in [0.2, 0.25) is 0 Å². The maximum absolute atomic E-state index is 11.5. The number of hydrogen-bond acceptors (Lipinski definition) is 4. The highest BCUT2D eigenvalue weighted by atomic mass is 16.5. The highest BCUT2D eigenvalue weighted by Crippen LogP contribution is 2.02. The molecule has 0 aliphatic carbocycles. The zero-order valence-corrected chi connectivity index (χ0v) is 11.2. The normalized spacial score (nSPS) is 10.9. The number of unbranched alkanes of at least 4 members (excludes halogenated alkanes) is 2. The zero-order valence-electron chi connectivity index (χ0n) is 11.2. The van der Waals surface area contributed by atoms with Crippen molar-refractivity contribution in [3.05, 3.63) is 24.3 Å². The van der Waals surface area contributed by atoms with E-state index in [1.54, 1.807) is 0 Å². The van der Waals surface area contributed by atoms with Gasteiger partial charge in [-0.25, -0.2) is 9.59 Å². The van der Waals surface area contributed by atoms with E-state index in [0.29, 0.717) is 13.2 Å². The summed E-state index contributed by atoms with van der Waals surface area (Å²) in [6.07, 6.45) is 5.93. The molecule has 0 fully saturated rings. The highest BCUT2D eigenvalue weighted by molar-refractivity contribution is 5.98. The average Bonchev–Trinajstić information content (AvgIpc) is 2.36. The molecule has 0 atom stereocenters. The lowest BCUT2D eigenvalue weighted by molar-refractivity contribution is -0.141. The van der Waals surface area contributed by atoms with E-state index in [1.165, 1.54) is 6.08 Å². The summed E-state index contributed by atoms with van der Waals surface area (Å²) in [4.78, 5) is 22.9. The highest BCUT2D eigenvalue weighted by Gasteiger charge is 2.10. The number of rotatable bonds is 9. The summed E-state index contributed by atoms with van der Waals surface area (Å²) in [6.45, 7) is 8.20. The number of carbonyl (C=O) groups is 2. The molecule has 0 radical (unpaired) electrons. The van der Waals surface area contributed by atoms with Gasteiger partial charge in [0.2, 0.25) is 0 Å². The molecule has 0 aromatic heterocycles. The Hall–Kier alpha value is -1.58. The van der Waals surface area contributed by atoms with E-state index >= 15 is 0 Å². The summed E-state index contributed by atoms with van der Waals surface area (Å²) >= 11 is 0. The first-order valence-electron chi connectivity index (χ1n) is 6.33. The SMILES string of the molecule is C=C/C(=C/C(=O)OCCCC)C(=O)OCCCC. The van der Waals surface area contributed by atoms with Crippen LogP contribution < -0.4 is 0 Å². The molecule has 0 aromatic carbocycles. The van der Waals surface area contributed by atoms with E-state index in [-0.39, 0.29) is 5.57 Å². The molecule has 0 rings (SSSR count). The van der Waals surface area contributed by atoms with E-state index in [0.717, 1.165) is 31.8 Å². The van der Waals surface area contributed by atoms with Gasteiger partial charge in [-0.1, -0.05) is 39.3 Å². The van der Waals surface area contributed by atoms with Gasteiger partial charge in [0.25, 0.3) is 0 Å². The number of ether oxygens (including phenoxy) is 2. The van der Waals surface area contributed by atoms with Crippen molar-refractivity contribution in [1.82, 2.24) is 0 Å². The van der Waals surface area contributed by atoms with Crippen LogP contribution in [0, 0.1) is 0 Å². The van der Waals surface area contributed by atoms with Gasteiger partial charge in [0, 0.05) is 6.08 Å². The van der Waals surface area contributed by atoms with E-state index in [2.05, 4.69) is 6.58 Å². The molecule has 0 saturated heterocycles. The lowest BCUT2D eigenvalue weighted by Gasteiger charge is -2.04. The van der Waals surface area contributed by atoms with Crippen LogP contribution in [0.25, 0.3) is 0 Å². The van der Waals surface area contributed by atoms with Crippen molar-refractivity contribution in [2.45, 2.75) is 39.5 Å². The first-order valence-corrected chi connectivity index (χ1v) is 6.33. The van der Waals surface area contributed by atoms with Crippen LogP contribution in [0.5, 0.6) is 0 Å². The molecule has 0 N–H and O–H groups in total. The van der Waals surface area contributed by atoms with Gasteiger partial charge in [-0.3, -0.25) is 0 Å². The summed E-state index contributed by atoms with van der Waals surface area (Å²) in [5.74, 6) is -1.07. The van der Waals surface area contributed by atoms with Crippen LogP contribution in [-0.2, 0) is 19.1 Å². The van der Waals surface area contributed by atoms with Crippen molar-refractivity contribution in [2.24, 2.45) is 0 Å². The fourth-order valence-electron chi connectivity index (χ4n) is 1.08.